The zero-order valence-corrected chi connectivity index (χ0v) is 11.6. The van der Waals surface area contributed by atoms with E-state index in [1.807, 2.05) is 25.1 Å². The van der Waals surface area contributed by atoms with E-state index in [9.17, 15) is 5.11 Å². The minimum atomic E-state index is -0.347. The smallest absolute Gasteiger partial charge is 0.0608 e. The summed E-state index contributed by atoms with van der Waals surface area (Å²) in [7, 11) is 0. The number of hydrogen-bond donors (Lipinski definition) is 1. The van der Waals surface area contributed by atoms with Gasteiger partial charge in [0.15, 0.2) is 0 Å². The van der Waals surface area contributed by atoms with E-state index in [1.54, 1.807) is 0 Å². The molecule has 0 saturated heterocycles. The highest BCUT2D eigenvalue weighted by Gasteiger charge is 2.38. The van der Waals surface area contributed by atoms with Gasteiger partial charge in [0.25, 0.3) is 0 Å². The standard InChI is InChI=1S/C14H18Cl2O/c1-10(17)14(7-3-2-4-8-14)11-5-6-12(15)13(16)9-11/h5-6,9-10,17H,2-4,7-8H2,1H3. The number of halogens is 2. The van der Waals surface area contributed by atoms with Gasteiger partial charge >= 0.3 is 0 Å². The van der Waals surface area contributed by atoms with E-state index >= 15 is 0 Å². The predicted molar refractivity (Wildman–Crippen MR) is 72.9 cm³/mol. The van der Waals surface area contributed by atoms with Crippen LogP contribution in [-0.4, -0.2) is 11.2 Å². The van der Waals surface area contributed by atoms with Crippen LogP contribution < -0.4 is 0 Å². The number of benzene rings is 1. The molecule has 17 heavy (non-hydrogen) atoms. The molecule has 0 amide bonds. The Morgan fingerprint density at radius 3 is 2.29 bits per heavy atom. The first-order chi connectivity index (χ1) is 8.06. The van der Waals surface area contributed by atoms with Gasteiger partial charge in [-0.25, -0.2) is 0 Å². The molecule has 3 heteroatoms. The summed E-state index contributed by atoms with van der Waals surface area (Å²) < 4.78 is 0. The summed E-state index contributed by atoms with van der Waals surface area (Å²) in [5.74, 6) is 0. The van der Waals surface area contributed by atoms with E-state index in [2.05, 4.69) is 0 Å². The van der Waals surface area contributed by atoms with Gasteiger partial charge in [-0.3, -0.25) is 0 Å². The first-order valence-electron chi connectivity index (χ1n) is 6.20. The highest BCUT2D eigenvalue weighted by Crippen LogP contribution is 2.43. The average molecular weight is 273 g/mol. The molecule has 2 rings (SSSR count). The van der Waals surface area contributed by atoms with Crippen molar-refractivity contribution >= 4 is 23.2 Å². The third kappa shape index (κ3) is 2.47. The molecule has 94 valence electrons. The largest absolute Gasteiger partial charge is 0.392 e. The lowest BCUT2D eigenvalue weighted by molar-refractivity contribution is 0.0685. The van der Waals surface area contributed by atoms with Gasteiger partial charge in [0.1, 0.15) is 0 Å². The fourth-order valence-electron chi connectivity index (χ4n) is 2.94. The van der Waals surface area contributed by atoms with E-state index in [-0.39, 0.29) is 11.5 Å². The second-order valence-corrected chi connectivity index (χ2v) is 5.84. The topological polar surface area (TPSA) is 20.2 Å². The Bertz CT molecular complexity index is 395. The maximum absolute atomic E-state index is 10.2. The normalized spacial score (nSPS) is 21.2. The van der Waals surface area contributed by atoms with Gasteiger partial charge in [0, 0.05) is 5.41 Å². The number of aliphatic hydroxyl groups is 1. The van der Waals surface area contributed by atoms with Gasteiger partial charge in [-0.05, 0) is 37.5 Å². The van der Waals surface area contributed by atoms with Crippen LogP contribution in [-0.2, 0) is 5.41 Å². The van der Waals surface area contributed by atoms with Crippen molar-refractivity contribution in [3.05, 3.63) is 33.8 Å². The first-order valence-corrected chi connectivity index (χ1v) is 6.95. The van der Waals surface area contributed by atoms with Crippen LogP contribution in [0.5, 0.6) is 0 Å². The molecular formula is C14H18Cl2O. The molecule has 0 radical (unpaired) electrons. The second-order valence-electron chi connectivity index (χ2n) is 5.02. The highest BCUT2D eigenvalue weighted by atomic mass is 35.5. The van der Waals surface area contributed by atoms with Crippen molar-refractivity contribution in [1.82, 2.24) is 0 Å². The third-order valence-electron chi connectivity index (χ3n) is 4.04. The summed E-state index contributed by atoms with van der Waals surface area (Å²) in [5, 5.41) is 11.3. The van der Waals surface area contributed by atoms with Crippen LogP contribution >= 0.6 is 23.2 Å². The Hall–Kier alpha value is -0.240. The first kappa shape index (κ1) is 13.2. The average Bonchev–Trinajstić information content (AvgIpc) is 2.33. The summed E-state index contributed by atoms with van der Waals surface area (Å²) in [6.45, 7) is 1.88. The summed E-state index contributed by atoms with van der Waals surface area (Å²) in [6.07, 6.45) is 5.32. The maximum Gasteiger partial charge on any atom is 0.0608 e. The van der Waals surface area contributed by atoms with Crippen LogP contribution in [0.4, 0.5) is 0 Å². The van der Waals surface area contributed by atoms with Crippen LogP contribution in [0.25, 0.3) is 0 Å². The molecule has 1 nitrogen and oxygen atoms in total. The molecule has 1 aromatic rings. The molecular weight excluding hydrogens is 255 g/mol. The Kier molecular flexibility index (Phi) is 4.02. The van der Waals surface area contributed by atoms with Gasteiger partial charge in [0.05, 0.1) is 16.1 Å². The van der Waals surface area contributed by atoms with Crippen molar-refractivity contribution in [3.63, 3.8) is 0 Å². The Morgan fingerprint density at radius 1 is 1.12 bits per heavy atom. The number of hydrogen-bond acceptors (Lipinski definition) is 1. The van der Waals surface area contributed by atoms with E-state index in [1.165, 1.54) is 19.3 Å². The fourth-order valence-corrected chi connectivity index (χ4v) is 3.23. The monoisotopic (exact) mass is 272 g/mol. The number of aliphatic hydroxyl groups excluding tert-OH is 1. The molecule has 1 N–H and O–H groups in total. The molecule has 1 aromatic carbocycles. The zero-order chi connectivity index (χ0) is 12.5. The summed E-state index contributed by atoms with van der Waals surface area (Å²) in [6, 6.07) is 5.76. The highest BCUT2D eigenvalue weighted by molar-refractivity contribution is 6.42. The molecule has 0 aromatic heterocycles. The zero-order valence-electron chi connectivity index (χ0n) is 10.0. The van der Waals surface area contributed by atoms with E-state index in [4.69, 9.17) is 23.2 Å². The van der Waals surface area contributed by atoms with Crippen molar-refractivity contribution in [1.29, 1.82) is 0 Å². The summed E-state index contributed by atoms with van der Waals surface area (Å²) >= 11 is 12.0. The third-order valence-corrected chi connectivity index (χ3v) is 4.78. The summed E-state index contributed by atoms with van der Waals surface area (Å²) in [4.78, 5) is 0. The van der Waals surface area contributed by atoms with Gasteiger partial charge in [-0.1, -0.05) is 48.5 Å². The Labute approximate surface area is 113 Å². The minimum Gasteiger partial charge on any atom is -0.392 e. The molecule has 1 saturated carbocycles. The lowest BCUT2D eigenvalue weighted by Crippen LogP contribution is -2.39. The molecule has 0 spiro atoms. The molecule has 0 heterocycles. The molecule has 0 bridgehead atoms. The molecule has 1 fully saturated rings. The van der Waals surface area contributed by atoms with Crippen LogP contribution in [0.3, 0.4) is 0 Å². The summed E-state index contributed by atoms with van der Waals surface area (Å²) in [5.41, 5.74) is 0.994. The fraction of sp³-hybridized carbons (Fsp3) is 0.571. The van der Waals surface area contributed by atoms with E-state index < -0.39 is 0 Å². The Morgan fingerprint density at radius 2 is 1.76 bits per heavy atom. The molecule has 1 aliphatic carbocycles. The van der Waals surface area contributed by atoms with Crippen molar-refractivity contribution in [3.8, 4) is 0 Å². The second kappa shape index (κ2) is 5.17. The minimum absolute atomic E-state index is 0.132. The van der Waals surface area contributed by atoms with Gasteiger partial charge in [0.2, 0.25) is 0 Å². The van der Waals surface area contributed by atoms with E-state index in [0.29, 0.717) is 10.0 Å². The van der Waals surface area contributed by atoms with Crippen molar-refractivity contribution < 1.29 is 5.11 Å². The number of rotatable bonds is 2. The van der Waals surface area contributed by atoms with Crippen LogP contribution in [0.2, 0.25) is 10.0 Å². The quantitative estimate of drug-likeness (QED) is 0.836. The van der Waals surface area contributed by atoms with Crippen molar-refractivity contribution in [2.24, 2.45) is 0 Å². The molecule has 0 aliphatic heterocycles. The van der Waals surface area contributed by atoms with Crippen molar-refractivity contribution in [2.45, 2.75) is 50.5 Å². The molecule has 1 atom stereocenters. The SMILES string of the molecule is CC(O)C1(c2ccc(Cl)c(Cl)c2)CCCCC1. The van der Waals surface area contributed by atoms with Crippen LogP contribution in [0.15, 0.2) is 18.2 Å². The van der Waals surface area contributed by atoms with Crippen LogP contribution in [0, 0.1) is 0 Å². The predicted octanol–water partition coefficient (Wildman–Crippen LogP) is 4.58. The maximum atomic E-state index is 10.2. The van der Waals surface area contributed by atoms with E-state index in [0.717, 1.165) is 18.4 Å². The molecule has 1 unspecified atom stereocenters. The van der Waals surface area contributed by atoms with Gasteiger partial charge in [-0.15, -0.1) is 0 Å². The Balaban J connectivity index is 2.41. The van der Waals surface area contributed by atoms with Gasteiger partial charge < -0.3 is 5.11 Å². The van der Waals surface area contributed by atoms with Crippen LogP contribution in [0.1, 0.15) is 44.6 Å². The van der Waals surface area contributed by atoms with Gasteiger partial charge in [-0.2, -0.15) is 0 Å². The van der Waals surface area contributed by atoms with Crippen molar-refractivity contribution in [2.75, 3.05) is 0 Å². The lowest BCUT2D eigenvalue weighted by Gasteiger charge is -2.40. The lowest BCUT2D eigenvalue weighted by atomic mass is 9.66. The molecule has 1 aliphatic rings.